The molecule has 0 radical (unpaired) electrons. The number of aliphatic hydroxyl groups is 7. The molecule has 0 amide bonds. The van der Waals surface area contributed by atoms with Crippen LogP contribution in [0, 0.1) is 0 Å². The molecule has 0 saturated carbocycles. The Hall–Kier alpha value is -0.280. The molecule has 0 aromatic carbocycles. The predicted molar refractivity (Wildman–Crippen MR) is 48.8 cm³/mol. The fourth-order valence-electron chi connectivity index (χ4n) is 1.03. The van der Waals surface area contributed by atoms with Crippen molar-refractivity contribution in [3.05, 3.63) is 0 Å². The summed E-state index contributed by atoms with van der Waals surface area (Å²) < 4.78 is 0. The maximum Gasteiger partial charge on any atom is 0.111 e. The molecule has 0 aromatic heterocycles. The molecule has 0 heterocycles. The third-order valence-corrected chi connectivity index (χ3v) is 2.13. The van der Waals surface area contributed by atoms with E-state index in [4.69, 9.17) is 20.4 Å². The summed E-state index contributed by atoms with van der Waals surface area (Å²) in [6, 6.07) is 0. The second-order valence-electron chi connectivity index (χ2n) is 3.45. The minimum atomic E-state index is -1.86. The molecule has 7 nitrogen and oxygen atoms in total. The van der Waals surface area contributed by atoms with Gasteiger partial charge in [-0.25, -0.2) is 0 Å². The third kappa shape index (κ3) is 3.99. The van der Waals surface area contributed by atoms with Gasteiger partial charge >= 0.3 is 0 Å². The summed E-state index contributed by atoms with van der Waals surface area (Å²) >= 11 is 0. The minimum absolute atomic E-state index is 0.796. The van der Waals surface area contributed by atoms with Crippen LogP contribution in [0.4, 0.5) is 0 Å². The highest BCUT2D eigenvalue weighted by Crippen LogP contribution is 2.10. The van der Waals surface area contributed by atoms with Gasteiger partial charge in [0.15, 0.2) is 0 Å². The Balaban J connectivity index is 4.36. The average molecular weight is 226 g/mol. The van der Waals surface area contributed by atoms with Crippen LogP contribution in [0.25, 0.3) is 0 Å². The lowest BCUT2D eigenvalue weighted by Crippen LogP contribution is -2.52. The first-order valence-corrected chi connectivity index (χ1v) is 4.52. The van der Waals surface area contributed by atoms with E-state index in [0.29, 0.717) is 0 Å². The van der Waals surface area contributed by atoms with Crippen molar-refractivity contribution < 1.29 is 35.7 Å². The Morgan fingerprint density at radius 1 is 0.733 bits per heavy atom. The molecule has 0 aliphatic carbocycles. The Morgan fingerprint density at radius 3 is 1.47 bits per heavy atom. The first kappa shape index (κ1) is 14.7. The topological polar surface area (TPSA) is 142 Å². The van der Waals surface area contributed by atoms with Gasteiger partial charge in [-0.3, -0.25) is 0 Å². The van der Waals surface area contributed by atoms with Crippen LogP contribution in [0.2, 0.25) is 0 Å². The van der Waals surface area contributed by atoms with E-state index >= 15 is 0 Å². The lowest BCUT2D eigenvalue weighted by molar-refractivity contribution is -0.155. The average Bonchev–Trinajstić information content (AvgIpc) is 2.23. The summed E-state index contributed by atoms with van der Waals surface area (Å²) in [5.74, 6) is 0. The normalized spacial score (nSPS) is 24.0. The van der Waals surface area contributed by atoms with E-state index in [1.54, 1.807) is 0 Å². The van der Waals surface area contributed by atoms with E-state index < -0.39 is 43.2 Å². The van der Waals surface area contributed by atoms with E-state index in [0.717, 1.165) is 0 Å². The Labute approximate surface area is 86.9 Å². The molecular weight excluding hydrogens is 208 g/mol. The maximum absolute atomic E-state index is 9.26. The van der Waals surface area contributed by atoms with Gasteiger partial charge in [-0.2, -0.15) is 0 Å². The predicted octanol–water partition coefficient (Wildman–Crippen LogP) is -3.84. The monoisotopic (exact) mass is 226 g/mol. The Bertz CT molecular complexity index is 174. The fraction of sp³-hybridized carbons (Fsp3) is 1.00. The van der Waals surface area contributed by atoms with Crippen LogP contribution < -0.4 is 0 Å². The summed E-state index contributed by atoms with van der Waals surface area (Å²) in [5.41, 5.74) is 0. The smallest absolute Gasteiger partial charge is 0.111 e. The van der Waals surface area contributed by atoms with E-state index in [9.17, 15) is 15.3 Å². The van der Waals surface area contributed by atoms with Gasteiger partial charge in [0.25, 0.3) is 0 Å². The van der Waals surface area contributed by atoms with Gasteiger partial charge in [-0.1, -0.05) is 0 Å². The van der Waals surface area contributed by atoms with Gasteiger partial charge in [0, 0.05) is 0 Å². The van der Waals surface area contributed by atoms with E-state index in [-0.39, 0.29) is 0 Å². The molecule has 7 N–H and O–H groups in total. The zero-order valence-corrected chi connectivity index (χ0v) is 8.30. The van der Waals surface area contributed by atoms with Crippen molar-refractivity contribution in [1.82, 2.24) is 0 Å². The summed E-state index contributed by atoms with van der Waals surface area (Å²) in [6.45, 7) is 0.394. The van der Waals surface area contributed by atoms with Crippen LogP contribution >= 0.6 is 0 Å². The van der Waals surface area contributed by atoms with Crippen LogP contribution in [0.3, 0.4) is 0 Å². The van der Waals surface area contributed by atoms with Crippen LogP contribution in [0.15, 0.2) is 0 Å². The van der Waals surface area contributed by atoms with Crippen molar-refractivity contribution in [1.29, 1.82) is 0 Å². The Kier molecular flexibility index (Phi) is 6.22. The molecule has 0 saturated heterocycles. The molecule has 0 spiro atoms. The van der Waals surface area contributed by atoms with Gasteiger partial charge in [0.1, 0.15) is 30.5 Å². The number of hydrogen-bond donors (Lipinski definition) is 7. The molecule has 0 aromatic rings. The molecule has 2 unspecified atom stereocenters. The second kappa shape index (κ2) is 6.33. The molecule has 7 heteroatoms. The summed E-state index contributed by atoms with van der Waals surface area (Å²) in [5, 5.41) is 63.2. The largest absolute Gasteiger partial charge is 0.394 e. The van der Waals surface area contributed by atoms with Gasteiger partial charge in [0.05, 0.1) is 12.7 Å². The van der Waals surface area contributed by atoms with Gasteiger partial charge in [-0.05, 0) is 6.92 Å². The summed E-state index contributed by atoms with van der Waals surface area (Å²) in [6.07, 6.45) is -10.1. The highest BCUT2D eigenvalue weighted by Gasteiger charge is 2.35. The SMILES string of the molecule is CC(O)C(O)[C@H](O)[C@@H](O)[C@H](O)[C@H](O)CO. The number of aliphatic hydroxyl groups excluding tert-OH is 7. The number of rotatable bonds is 6. The minimum Gasteiger partial charge on any atom is -0.394 e. The molecule has 0 aliphatic heterocycles. The summed E-state index contributed by atoms with van der Waals surface area (Å²) in [4.78, 5) is 0. The van der Waals surface area contributed by atoms with Crippen molar-refractivity contribution in [2.75, 3.05) is 6.61 Å². The molecule has 6 atom stereocenters. The third-order valence-electron chi connectivity index (χ3n) is 2.13. The van der Waals surface area contributed by atoms with E-state index in [1.807, 2.05) is 0 Å². The zero-order valence-electron chi connectivity index (χ0n) is 8.30. The van der Waals surface area contributed by atoms with E-state index in [1.165, 1.54) is 6.92 Å². The molecule has 0 bridgehead atoms. The van der Waals surface area contributed by atoms with Gasteiger partial charge < -0.3 is 35.7 Å². The van der Waals surface area contributed by atoms with Crippen LogP contribution in [-0.4, -0.2) is 79.0 Å². The first-order valence-electron chi connectivity index (χ1n) is 4.52. The van der Waals surface area contributed by atoms with Crippen molar-refractivity contribution >= 4 is 0 Å². The molecule has 0 aliphatic rings. The first-order chi connectivity index (χ1) is 6.82. The molecule has 0 fully saturated rings. The lowest BCUT2D eigenvalue weighted by Gasteiger charge is -2.29. The molecule has 0 rings (SSSR count). The highest BCUT2D eigenvalue weighted by atomic mass is 16.4. The standard InChI is InChI=1S/C8H18O7/c1-3(10)5(12)7(14)8(15)6(13)4(11)2-9/h3-15H,2H2,1H3/t3?,4-,5?,6-,7+,8+/m1/s1. The molecule has 92 valence electrons. The van der Waals surface area contributed by atoms with Crippen molar-refractivity contribution in [3.8, 4) is 0 Å². The maximum atomic E-state index is 9.26. The van der Waals surface area contributed by atoms with Crippen LogP contribution in [0.1, 0.15) is 6.92 Å². The highest BCUT2D eigenvalue weighted by molar-refractivity contribution is 4.86. The lowest BCUT2D eigenvalue weighted by atomic mass is 9.97. The van der Waals surface area contributed by atoms with Crippen molar-refractivity contribution in [2.45, 2.75) is 43.5 Å². The molecule has 15 heavy (non-hydrogen) atoms. The van der Waals surface area contributed by atoms with E-state index in [2.05, 4.69) is 0 Å². The quantitative estimate of drug-likeness (QED) is 0.246. The van der Waals surface area contributed by atoms with Crippen molar-refractivity contribution in [3.63, 3.8) is 0 Å². The van der Waals surface area contributed by atoms with Crippen LogP contribution in [-0.2, 0) is 0 Å². The van der Waals surface area contributed by atoms with Gasteiger partial charge in [0.2, 0.25) is 0 Å². The second-order valence-corrected chi connectivity index (χ2v) is 3.45. The van der Waals surface area contributed by atoms with Gasteiger partial charge in [-0.15, -0.1) is 0 Å². The Morgan fingerprint density at radius 2 is 1.13 bits per heavy atom. The zero-order chi connectivity index (χ0) is 12.2. The number of hydrogen-bond acceptors (Lipinski definition) is 7. The fourth-order valence-corrected chi connectivity index (χ4v) is 1.03. The van der Waals surface area contributed by atoms with Crippen molar-refractivity contribution in [2.24, 2.45) is 0 Å². The summed E-state index contributed by atoms with van der Waals surface area (Å²) in [7, 11) is 0. The van der Waals surface area contributed by atoms with Crippen LogP contribution in [0.5, 0.6) is 0 Å². The molecular formula is C8H18O7.